The van der Waals surface area contributed by atoms with Crippen molar-refractivity contribution in [1.29, 1.82) is 0 Å². The average Bonchev–Trinajstić information content (AvgIpc) is 2.82. The number of hydrogen-bond acceptors (Lipinski definition) is 6. The summed E-state index contributed by atoms with van der Waals surface area (Å²) in [6, 6.07) is 16.3. The fourth-order valence-electron chi connectivity index (χ4n) is 4.81. The predicted molar refractivity (Wildman–Crippen MR) is 131 cm³/mol. The van der Waals surface area contributed by atoms with Crippen LogP contribution < -0.4 is 5.32 Å². The van der Waals surface area contributed by atoms with E-state index in [1.807, 2.05) is 30.3 Å². The molecular formula is C26H34N2O6S. The zero-order valence-electron chi connectivity index (χ0n) is 20.0. The Kier molecular flexibility index (Phi) is 8.56. The SMILES string of the molecule is Cc1ccccc1S(=O)(=O)N1C[C@@H](O)COC[C@@H]2O[C@H](CC(=O)NCCc3ccccc3)CC[C@H]21. The summed E-state index contributed by atoms with van der Waals surface area (Å²) in [4.78, 5) is 12.7. The van der Waals surface area contributed by atoms with Gasteiger partial charge in [0.15, 0.2) is 0 Å². The number of benzene rings is 2. The highest BCUT2D eigenvalue weighted by molar-refractivity contribution is 7.89. The number of carbonyl (C=O) groups excluding carboxylic acids is 1. The van der Waals surface area contributed by atoms with Gasteiger partial charge in [0.05, 0.1) is 48.9 Å². The van der Waals surface area contributed by atoms with Gasteiger partial charge in [-0.3, -0.25) is 4.79 Å². The van der Waals surface area contributed by atoms with E-state index in [0.29, 0.717) is 24.9 Å². The highest BCUT2D eigenvalue weighted by Crippen LogP contribution is 2.32. The van der Waals surface area contributed by atoms with E-state index in [-0.39, 0.29) is 43.1 Å². The van der Waals surface area contributed by atoms with Crippen molar-refractivity contribution in [2.45, 2.75) is 61.9 Å². The quantitative estimate of drug-likeness (QED) is 0.601. The fourth-order valence-corrected chi connectivity index (χ4v) is 6.76. The molecule has 4 rings (SSSR count). The number of hydrogen-bond donors (Lipinski definition) is 2. The highest BCUT2D eigenvalue weighted by Gasteiger charge is 2.43. The second-order valence-electron chi connectivity index (χ2n) is 9.26. The van der Waals surface area contributed by atoms with Crippen LogP contribution >= 0.6 is 0 Å². The Morgan fingerprint density at radius 3 is 2.60 bits per heavy atom. The van der Waals surface area contributed by atoms with Crippen molar-refractivity contribution in [2.24, 2.45) is 0 Å². The van der Waals surface area contributed by atoms with Crippen molar-refractivity contribution < 1.29 is 27.8 Å². The molecule has 2 aliphatic heterocycles. The lowest BCUT2D eigenvalue weighted by Gasteiger charge is -2.43. The third-order valence-electron chi connectivity index (χ3n) is 6.61. The molecule has 0 unspecified atom stereocenters. The van der Waals surface area contributed by atoms with Gasteiger partial charge in [-0.05, 0) is 43.4 Å². The monoisotopic (exact) mass is 502 g/mol. The molecule has 1 amide bonds. The van der Waals surface area contributed by atoms with Gasteiger partial charge in [0, 0.05) is 13.1 Å². The molecule has 0 bridgehead atoms. The average molecular weight is 503 g/mol. The highest BCUT2D eigenvalue weighted by atomic mass is 32.2. The third-order valence-corrected chi connectivity index (χ3v) is 8.66. The van der Waals surface area contributed by atoms with Gasteiger partial charge in [-0.25, -0.2) is 8.42 Å². The summed E-state index contributed by atoms with van der Waals surface area (Å²) in [5.41, 5.74) is 1.81. The summed E-state index contributed by atoms with van der Waals surface area (Å²) in [5, 5.41) is 13.3. The molecule has 0 aromatic heterocycles. The molecule has 2 aromatic rings. The minimum Gasteiger partial charge on any atom is -0.389 e. The molecule has 0 saturated carbocycles. The molecule has 2 N–H and O–H groups in total. The first-order chi connectivity index (χ1) is 16.8. The standard InChI is InChI=1S/C26H34N2O6S/c1-19-7-5-6-10-25(19)35(31,32)28-16-21(29)17-33-18-24-23(28)12-11-22(34-24)15-26(30)27-14-13-20-8-3-2-4-9-20/h2-10,21-24,29H,11-18H2,1H3,(H,27,30)/t21-,22+,23-,24+/m1/s1. The molecule has 35 heavy (non-hydrogen) atoms. The summed E-state index contributed by atoms with van der Waals surface area (Å²) in [7, 11) is -3.86. The predicted octanol–water partition coefficient (Wildman–Crippen LogP) is 2.04. The number of β-amino-alcohol motifs (C(OH)–C–C–N with tert-alkyl or cyclic N) is 1. The van der Waals surface area contributed by atoms with Crippen LogP contribution in [-0.4, -0.2) is 74.4 Å². The van der Waals surface area contributed by atoms with Crippen LogP contribution in [0, 0.1) is 6.92 Å². The first-order valence-electron chi connectivity index (χ1n) is 12.1. The zero-order chi connectivity index (χ0) is 24.8. The number of fused-ring (bicyclic) bond motifs is 1. The summed E-state index contributed by atoms with van der Waals surface area (Å²) >= 11 is 0. The van der Waals surface area contributed by atoms with Gasteiger partial charge in [-0.15, -0.1) is 0 Å². The lowest BCUT2D eigenvalue weighted by molar-refractivity contribution is -0.146. The number of nitrogens with zero attached hydrogens (tertiary/aromatic N) is 1. The van der Waals surface area contributed by atoms with Crippen molar-refractivity contribution in [2.75, 3.05) is 26.3 Å². The number of aliphatic hydroxyl groups excluding tert-OH is 1. The number of nitrogens with one attached hydrogen (secondary N) is 1. The summed E-state index contributed by atoms with van der Waals surface area (Å²) in [6.45, 7) is 2.43. The van der Waals surface area contributed by atoms with Gasteiger partial charge >= 0.3 is 0 Å². The number of sulfonamides is 1. The van der Waals surface area contributed by atoms with Crippen LogP contribution in [-0.2, 0) is 30.7 Å². The minimum absolute atomic E-state index is 0.0248. The molecule has 4 atom stereocenters. The van der Waals surface area contributed by atoms with Gasteiger partial charge < -0.3 is 19.9 Å². The third kappa shape index (κ3) is 6.48. The van der Waals surface area contributed by atoms with Crippen LogP contribution in [0.4, 0.5) is 0 Å². The first-order valence-corrected chi connectivity index (χ1v) is 13.6. The maximum absolute atomic E-state index is 13.6. The smallest absolute Gasteiger partial charge is 0.243 e. The lowest BCUT2D eigenvalue weighted by Crippen LogP contribution is -2.57. The maximum atomic E-state index is 13.6. The van der Waals surface area contributed by atoms with E-state index in [1.165, 1.54) is 4.31 Å². The second kappa shape index (κ2) is 11.6. The van der Waals surface area contributed by atoms with E-state index >= 15 is 0 Å². The van der Waals surface area contributed by atoms with E-state index in [4.69, 9.17) is 9.47 Å². The molecule has 0 radical (unpaired) electrons. The van der Waals surface area contributed by atoms with Crippen molar-refractivity contribution >= 4 is 15.9 Å². The molecule has 0 spiro atoms. The number of ether oxygens (including phenoxy) is 2. The van der Waals surface area contributed by atoms with E-state index in [9.17, 15) is 18.3 Å². The molecular weight excluding hydrogens is 468 g/mol. The van der Waals surface area contributed by atoms with Crippen LogP contribution in [0.5, 0.6) is 0 Å². The Morgan fingerprint density at radius 1 is 1.09 bits per heavy atom. The largest absolute Gasteiger partial charge is 0.389 e. The molecule has 2 aliphatic rings. The van der Waals surface area contributed by atoms with Gasteiger partial charge in [0.1, 0.15) is 0 Å². The van der Waals surface area contributed by atoms with Gasteiger partial charge in [-0.2, -0.15) is 4.31 Å². The molecule has 190 valence electrons. The van der Waals surface area contributed by atoms with Crippen molar-refractivity contribution in [3.63, 3.8) is 0 Å². The number of carbonyl (C=O) groups is 1. The molecule has 2 heterocycles. The summed E-state index contributed by atoms with van der Waals surface area (Å²) < 4.78 is 40.5. The van der Waals surface area contributed by atoms with E-state index in [1.54, 1.807) is 31.2 Å². The molecule has 8 nitrogen and oxygen atoms in total. The molecule has 2 aromatic carbocycles. The molecule has 2 fully saturated rings. The van der Waals surface area contributed by atoms with Crippen LogP contribution in [0.25, 0.3) is 0 Å². The Morgan fingerprint density at radius 2 is 1.83 bits per heavy atom. The normalized spacial score (nSPS) is 25.8. The van der Waals surface area contributed by atoms with Gasteiger partial charge in [-0.1, -0.05) is 48.5 Å². The summed E-state index contributed by atoms with van der Waals surface area (Å²) in [5.74, 6) is -0.0871. The number of aryl methyl sites for hydroxylation is 1. The number of amides is 1. The number of rotatable bonds is 7. The molecule has 2 saturated heterocycles. The van der Waals surface area contributed by atoms with E-state index < -0.39 is 28.3 Å². The van der Waals surface area contributed by atoms with Crippen molar-refractivity contribution in [3.8, 4) is 0 Å². The Hall–Kier alpha value is -2.30. The van der Waals surface area contributed by atoms with Gasteiger partial charge in [0.2, 0.25) is 15.9 Å². The Bertz CT molecular complexity index is 1090. The van der Waals surface area contributed by atoms with Gasteiger partial charge in [0.25, 0.3) is 0 Å². The van der Waals surface area contributed by atoms with Crippen molar-refractivity contribution in [3.05, 3.63) is 65.7 Å². The fraction of sp³-hybridized carbons (Fsp3) is 0.500. The van der Waals surface area contributed by atoms with Crippen LogP contribution in [0.1, 0.15) is 30.4 Å². The minimum atomic E-state index is -3.86. The van der Waals surface area contributed by atoms with Crippen molar-refractivity contribution in [1.82, 2.24) is 9.62 Å². The lowest BCUT2D eigenvalue weighted by atomic mass is 9.96. The first kappa shape index (κ1) is 25.8. The van der Waals surface area contributed by atoms with E-state index in [0.717, 1.165) is 12.0 Å². The van der Waals surface area contributed by atoms with Crippen LogP contribution in [0.15, 0.2) is 59.5 Å². The Labute approximate surface area is 207 Å². The maximum Gasteiger partial charge on any atom is 0.243 e. The Balaban J connectivity index is 1.40. The van der Waals surface area contributed by atoms with Crippen LogP contribution in [0.3, 0.4) is 0 Å². The number of aliphatic hydroxyl groups is 1. The molecule has 0 aliphatic carbocycles. The van der Waals surface area contributed by atoms with Crippen LogP contribution in [0.2, 0.25) is 0 Å². The summed E-state index contributed by atoms with van der Waals surface area (Å²) in [6.07, 6.45) is 0.274. The topological polar surface area (TPSA) is 105 Å². The molecule has 9 heteroatoms. The van der Waals surface area contributed by atoms with E-state index in [2.05, 4.69) is 5.32 Å². The second-order valence-corrected chi connectivity index (χ2v) is 11.1. The zero-order valence-corrected chi connectivity index (χ0v) is 20.8.